The maximum absolute atomic E-state index is 6.56. The van der Waals surface area contributed by atoms with E-state index in [2.05, 4.69) is 101 Å². The molecule has 0 amide bonds. The monoisotopic (exact) mass is 506 g/mol. The second-order valence-electron chi connectivity index (χ2n) is 10.9. The lowest BCUT2D eigenvalue weighted by Gasteiger charge is -2.36. The summed E-state index contributed by atoms with van der Waals surface area (Å²) in [5.74, 6) is 3.45. The number of thioether (sulfide) groups is 1. The molecule has 0 aromatic heterocycles. The molecule has 5 heteroatoms. The summed E-state index contributed by atoms with van der Waals surface area (Å²) in [6.07, 6.45) is 0. The number of hydrogen-bond donors (Lipinski definition) is 0. The zero-order valence-electron chi connectivity index (χ0n) is 22.1. The van der Waals surface area contributed by atoms with Gasteiger partial charge in [0.1, 0.15) is 11.5 Å². The Balaban J connectivity index is 1.71. The van der Waals surface area contributed by atoms with Gasteiger partial charge in [-0.3, -0.25) is 0 Å². The quantitative estimate of drug-likeness (QED) is 0.302. The van der Waals surface area contributed by atoms with Crippen LogP contribution in [0.15, 0.2) is 71.6 Å². The maximum atomic E-state index is 6.56. The van der Waals surface area contributed by atoms with Crippen molar-refractivity contribution in [2.24, 2.45) is 0 Å². The first-order valence-electron chi connectivity index (χ1n) is 12.3. The van der Waals surface area contributed by atoms with Crippen LogP contribution in [0.3, 0.4) is 0 Å². The van der Waals surface area contributed by atoms with E-state index < -0.39 is 8.32 Å². The molecule has 186 valence electrons. The van der Waals surface area contributed by atoms with E-state index in [4.69, 9.17) is 13.9 Å². The summed E-state index contributed by atoms with van der Waals surface area (Å²) < 4.78 is 17.5. The fourth-order valence-corrected chi connectivity index (χ4v) is 6.69. The van der Waals surface area contributed by atoms with E-state index in [0.717, 1.165) is 17.3 Å². The average Bonchev–Trinajstić information content (AvgIpc) is 2.86. The van der Waals surface area contributed by atoms with Gasteiger partial charge in [0.05, 0.1) is 20.8 Å². The molecule has 3 nitrogen and oxygen atoms in total. The van der Waals surface area contributed by atoms with Crippen molar-refractivity contribution in [3.8, 4) is 11.5 Å². The highest BCUT2D eigenvalue weighted by molar-refractivity contribution is 7.99. The molecule has 3 aromatic carbocycles. The Labute approximate surface area is 216 Å². The van der Waals surface area contributed by atoms with E-state index in [-0.39, 0.29) is 11.0 Å². The molecule has 35 heavy (non-hydrogen) atoms. The van der Waals surface area contributed by atoms with Crippen LogP contribution in [0, 0.1) is 0 Å². The number of methoxy groups -OCH3 is 2. The van der Waals surface area contributed by atoms with Crippen LogP contribution in [0.25, 0.3) is 0 Å². The van der Waals surface area contributed by atoms with Crippen molar-refractivity contribution in [1.29, 1.82) is 0 Å². The van der Waals surface area contributed by atoms with Gasteiger partial charge in [0, 0.05) is 22.5 Å². The maximum Gasteiger partial charge on any atom is 0.192 e. The molecule has 1 aliphatic rings. The minimum Gasteiger partial charge on any atom is -0.497 e. The molecule has 0 radical (unpaired) electrons. The van der Waals surface area contributed by atoms with Gasteiger partial charge < -0.3 is 13.9 Å². The van der Waals surface area contributed by atoms with Crippen LogP contribution in [-0.2, 0) is 11.0 Å². The molecule has 0 saturated heterocycles. The van der Waals surface area contributed by atoms with Crippen molar-refractivity contribution >= 4 is 20.1 Å². The van der Waals surface area contributed by atoms with E-state index in [1.54, 1.807) is 14.2 Å². The minimum absolute atomic E-state index is 0.197. The van der Waals surface area contributed by atoms with Gasteiger partial charge in [-0.05, 0) is 64.7 Å². The summed E-state index contributed by atoms with van der Waals surface area (Å²) >= 11 is 1.92. The Hall–Kier alpha value is -2.21. The molecule has 0 fully saturated rings. The van der Waals surface area contributed by atoms with Crippen LogP contribution in [0.2, 0.25) is 18.1 Å². The molecule has 2 unspecified atom stereocenters. The van der Waals surface area contributed by atoms with Gasteiger partial charge in [0.25, 0.3) is 0 Å². The lowest BCUT2D eigenvalue weighted by Crippen LogP contribution is -2.40. The molecule has 1 aliphatic heterocycles. The fraction of sp³-hybridized carbons (Fsp3) is 0.400. The highest BCUT2D eigenvalue weighted by atomic mass is 32.2. The topological polar surface area (TPSA) is 27.7 Å². The van der Waals surface area contributed by atoms with Gasteiger partial charge in [-0.2, -0.15) is 0 Å². The lowest BCUT2D eigenvalue weighted by molar-refractivity contribution is 0.276. The number of benzene rings is 3. The van der Waals surface area contributed by atoms with Gasteiger partial charge in [-0.1, -0.05) is 63.2 Å². The molecule has 0 spiro atoms. The predicted octanol–water partition coefficient (Wildman–Crippen LogP) is 8.25. The molecule has 0 bridgehead atoms. The van der Waals surface area contributed by atoms with E-state index in [9.17, 15) is 0 Å². The smallest absolute Gasteiger partial charge is 0.192 e. The molecule has 0 saturated carbocycles. The first-order chi connectivity index (χ1) is 16.6. The predicted molar refractivity (Wildman–Crippen MR) is 150 cm³/mol. The molecule has 1 heterocycles. The molecule has 0 aliphatic carbocycles. The third-order valence-corrected chi connectivity index (χ3v) is 13.3. The number of fused-ring (bicyclic) bond motifs is 1. The van der Waals surface area contributed by atoms with Gasteiger partial charge in [0.2, 0.25) is 0 Å². The third kappa shape index (κ3) is 5.63. The summed E-state index contributed by atoms with van der Waals surface area (Å²) in [7, 11) is 1.64. The van der Waals surface area contributed by atoms with Gasteiger partial charge in [-0.15, -0.1) is 11.8 Å². The van der Waals surface area contributed by atoms with Crippen LogP contribution in [0.1, 0.15) is 54.9 Å². The fourth-order valence-electron chi connectivity index (χ4n) is 4.42. The Morgan fingerprint density at radius 2 is 1.54 bits per heavy atom. The standard InChI is InChI=1S/C30H38O3SSi/c1-30(2,3)35(6,7)33-19-21-9-8-10-23(17-21)29-26-16-15-25(32-5)18-28(26)34-20-27(29)22-11-13-24(31-4)14-12-22/h8-18,27,29H,19-20H2,1-7H3. The zero-order valence-corrected chi connectivity index (χ0v) is 23.9. The Morgan fingerprint density at radius 1 is 0.857 bits per heavy atom. The van der Waals surface area contributed by atoms with Crippen LogP contribution < -0.4 is 9.47 Å². The minimum atomic E-state index is -1.82. The summed E-state index contributed by atoms with van der Waals surface area (Å²) in [4.78, 5) is 1.31. The van der Waals surface area contributed by atoms with E-state index >= 15 is 0 Å². The summed E-state index contributed by atoms with van der Waals surface area (Å²) in [6.45, 7) is 12.2. The molecular weight excluding hydrogens is 468 g/mol. The van der Waals surface area contributed by atoms with Gasteiger partial charge in [0.15, 0.2) is 8.32 Å². The summed E-state index contributed by atoms with van der Waals surface area (Å²) in [5.41, 5.74) is 5.29. The SMILES string of the molecule is COc1ccc(C2CSc3cc(OC)ccc3C2c2cccc(CO[Si](C)(C)C(C)(C)C)c2)cc1. The van der Waals surface area contributed by atoms with Crippen molar-refractivity contribution in [2.75, 3.05) is 20.0 Å². The first-order valence-corrected chi connectivity index (χ1v) is 16.2. The summed E-state index contributed by atoms with van der Waals surface area (Å²) in [6, 6.07) is 24.1. The first kappa shape index (κ1) is 25.9. The van der Waals surface area contributed by atoms with Crippen LogP contribution >= 0.6 is 11.8 Å². The molecule has 4 rings (SSSR count). The van der Waals surface area contributed by atoms with Crippen molar-refractivity contribution in [3.05, 3.63) is 89.0 Å². The normalized spacial score (nSPS) is 18.1. The molecule has 3 aromatic rings. The average molecular weight is 507 g/mol. The van der Waals surface area contributed by atoms with Crippen LogP contribution in [0.4, 0.5) is 0 Å². The van der Waals surface area contributed by atoms with E-state index in [1.807, 2.05) is 11.8 Å². The molecule has 0 N–H and O–H groups in total. The Bertz CT molecular complexity index is 1150. The van der Waals surface area contributed by atoms with E-state index in [1.165, 1.54) is 27.1 Å². The third-order valence-electron chi connectivity index (χ3n) is 7.64. The number of ether oxygens (including phenoxy) is 2. The van der Waals surface area contributed by atoms with Crippen LogP contribution in [0.5, 0.6) is 11.5 Å². The molecular formula is C30H38O3SSi. The van der Waals surface area contributed by atoms with Gasteiger partial charge >= 0.3 is 0 Å². The highest BCUT2D eigenvalue weighted by Crippen LogP contribution is 2.50. The second-order valence-corrected chi connectivity index (χ2v) is 16.7. The van der Waals surface area contributed by atoms with E-state index in [0.29, 0.717) is 12.5 Å². The second kappa shape index (κ2) is 10.4. The van der Waals surface area contributed by atoms with Crippen LogP contribution in [-0.4, -0.2) is 28.3 Å². The largest absolute Gasteiger partial charge is 0.497 e. The van der Waals surface area contributed by atoms with Crippen molar-refractivity contribution in [1.82, 2.24) is 0 Å². The molecule has 2 atom stereocenters. The number of hydrogen-bond acceptors (Lipinski definition) is 4. The summed E-state index contributed by atoms with van der Waals surface area (Å²) in [5, 5.41) is 0.197. The Morgan fingerprint density at radius 3 is 2.20 bits per heavy atom. The highest BCUT2D eigenvalue weighted by Gasteiger charge is 2.37. The Kier molecular flexibility index (Phi) is 7.70. The number of rotatable bonds is 7. The van der Waals surface area contributed by atoms with Gasteiger partial charge in [-0.25, -0.2) is 0 Å². The van der Waals surface area contributed by atoms with Crippen molar-refractivity contribution in [2.45, 2.75) is 62.2 Å². The lowest BCUT2D eigenvalue weighted by atomic mass is 9.77. The van der Waals surface area contributed by atoms with Crippen molar-refractivity contribution in [3.63, 3.8) is 0 Å². The van der Waals surface area contributed by atoms with Crippen molar-refractivity contribution < 1.29 is 13.9 Å². The zero-order chi connectivity index (χ0) is 25.2.